The van der Waals surface area contributed by atoms with Gasteiger partial charge in [-0.15, -0.1) is 10.2 Å². The number of hydrogen-bond acceptors (Lipinski definition) is 5. The second-order valence-corrected chi connectivity index (χ2v) is 6.37. The fraction of sp³-hybridized carbons (Fsp3) is 0.263. The SMILES string of the molecule is O=C(Cn1nnc(-c2ccccc2)n1)N1CCNCC1c1cccc(F)c1. The molecule has 1 aliphatic rings. The Hall–Kier alpha value is -3.13. The van der Waals surface area contributed by atoms with Crippen molar-refractivity contribution in [2.24, 2.45) is 0 Å². The molecule has 138 valence electrons. The van der Waals surface area contributed by atoms with Crippen LogP contribution in [0.1, 0.15) is 11.6 Å². The molecule has 1 amide bonds. The second kappa shape index (κ2) is 7.63. The number of carbonyl (C=O) groups is 1. The van der Waals surface area contributed by atoms with E-state index in [9.17, 15) is 9.18 Å². The number of benzene rings is 2. The summed E-state index contributed by atoms with van der Waals surface area (Å²) in [5.41, 5.74) is 1.61. The molecule has 1 aliphatic heterocycles. The number of amides is 1. The number of nitrogens with zero attached hydrogens (tertiary/aromatic N) is 5. The average molecular weight is 366 g/mol. The summed E-state index contributed by atoms with van der Waals surface area (Å²) in [5, 5.41) is 15.6. The van der Waals surface area contributed by atoms with Gasteiger partial charge in [0.25, 0.3) is 0 Å². The first-order valence-electron chi connectivity index (χ1n) is 8.79. The van der Waals surface area contributed by atoms with E-state index in [1.165, 1.54) is 16.9 Å². The molecule has 8 heteroatoms. The monoisotopic (exact) mass is 366 g/mol. The minimum atomic E-state index is -0.309. The lowest BCUT2D eigenvalue weighted by Crippen LogP contribution is -2.49. The Morgan fingerprint density at radius 3 is 2.85 bits per heavy atom. The highest BCUT2D eigenvalue weighted by Crippen LogP contribution is 2.23. The number of nitrogens with one attached hydrogen (secondary N) is 1. The molecular formula is C19H19FN6O. The first-order chi connectivity index (χ1) is 13.2. The van der Waals surface area contributed by atoms with E-state index < -0.39 is 0 Å². The lowest BCUT2D eigenvalue weighted by atomic mass is 10.0. The number of rotatable bonds is 4. The summed E-state index contributed by atoms with van der Waals surface area (Å²) in [7, 11) is 0. The summed E-state index contributed by atoms with van der Waals surface area (Å²) in [6.07, 6.45) is 0. The Morgan fingerprint density at radius 1 is 1.19 bits per heavy atom. The number of tetrazole rings is 1. The van der Waals surface area contributed by atoms with E-state index in [2.05, 4.69) is 20.7 Å². The molecule has 0 radical (unpaired) electrons. The van der Waals surface area contributed by atoms with Gasteiger partial charge in [-0.3, -0.25) is 4.79 Å². The molecule has 1 aromatic heterocycles. The van der Waals surface area contributed by atoms with Gasteiger partial charge in [0.2, 0.25) is 11.7 Å². The van der Waals surface area contributed by atoms with Crippen LogP contribution in [0.2, 0.25) is 0 Å². The van der Waals surface area contributed by atoms with Crippen LogP contribution in [0.4, 0.5) is 4.39 Å². The maximum atomic E-state index is 13.6. The van der Waals surface area contributed by atoms with Crippen molar-refractivity contribution in [2.45, 2.75) is 12.6 Å². The maximum absolute atomic E-state index is 13.6. The van der Waals surface area contributed by atoms with Crippen LogP contribution in [-0.4, -0.2) is 50.6 Å². The lowest BCUT2D eigenvalue weighted by Gasteiger charge is -2.36. The maximum Gasteiger partial charge on any atom is 0.246 e. The van der Waals surface area contributed by atoms with Crippen molar-refractivity contribution in [3.63, 3.8) is 0 Å². The molecule has 27 heavy (non-hydrogen) atoms. The molecule has 2 aromatic carbocycles. The van der Waals surface area contributed by atoms with Gasteiger partial charge >= 0.3 is 0 Å². The van der Waals surface area contributed by atoms with Gasteiger partial charge < -0.3 is 10.2 Å². The van der Waals surface area contributed by atoms with E-state index in [4.69, 9.17) is 0 Å². The highest BCUT2D eigenvalue weighted by atomic mass is 19.1. The summed E-state index contributed by atoms with van der Waals surface area (Å²) in [6.45, 7) is 1.80. The molecule has 0 aliphatic carbocycles. The molecule has 3 aromatic rings. The highest BCUT2D eigenvalue weighted by molar-refractivity contribution is 5.76. The van der Waals surface area contributed by atoms with Gasteiger partial charge in [0.05, 0.1) is 6.04 Å². The fourth-order valence-corrected chi connectivity index (χ4v) is 3.24. The minimum absolute atomic E-state index is 0.00828. The Morgan fingerprint density at radius 2 is 2.04 bits per heavy atom. The van der Waals surface area contributed by atoms with Crippen LogP contribution in [0.5, 0.6) is 0 Å². The Labute approximate surface area is 155 Å². The van der Waals surface area contributed by atoms with Crippen molar-refractivity contribution >= 4 is 5.91 Å². The molecule has 1 atom stereocenters. The molecule has 1 fully saturated rings. The summed E-state index contributed by atoms with van der Waals surface area (Å²) >= 11 is 0. The normalized spacial score (nSPS) is 17.1. The van der Waals surface area contributed by atoms with Crippen LogP contribution < -0.4 is 5.32 Å². The molecule has 0 spiro atoms. The summed E-state index contributed by atoms with van der Waals surface area (Å²) < 4.78 is 13.6. The molecule has 1 N–H and O–H groups in total. The topological polar surface area (TPSA) is 75.9 Å². The average Bonchev–Trinajstić information content (AvgIpc) is 3.17. The van der Waals surface area contributed by atoms with E-state index in [1.54, 1.807) is 11.0 Å². The van der Waals surface area contributed by atoms with E-state index >= 15 is 0 Å². The van der Waals surface area contributed by atoms with Gasteiger partial charge in [-0.1, -0.05) is 42.5 Å². The predicted molar refractivity (Wildman–Crippen MR) is 97.0 cm³/mol. The number of carbonyl (C=O) groups excluding carboxylic acids is 1. The Bertz CT molecular complexity index is 929. The van der Waals surface area contributed by atoms with E-state index in [0.717, 1.165) is 11.1 Å². The third kappa shape index (κ3) is 3.85. The zero-order chi connectivity index (χ0) is 18.6. The van der Waals surface area contributed by atoms with Crippen molar-refractivity contribution in [3.05, 3.63) is 66.0 Å². The van der Waals surface area contributed by atoms with Crippen molar-refractivity contribution < 1.29 is 9.18 Å². The second-order valence-electron chi connectivity index (χ2n) is 6.37. The largest absolute Gasteiger partial charge is 0.331 e. The first kappa shape index (κ1) is 17.3. The minimum Gasteiger partial charge on any atom is -0.331 e. The van der Waals surface area contributed by atoms with Crippen molar-refractivity contribution in [1.29, 1.82) is 0 Å². The van der Waals surface area contributed by atoms with Gasteiger partial charge in [-0.25, -0.2) is 4.39 Å². The fourth-order valence-electron chi connectivity index (χ4n) is 3.24. The summed E-state index contributed by atoms with van der Waals surface area (Å²) in [5.74, 6) is 0.0454. The van der Waals surface area contributed by atoms with Crippen LogP contribution in [0, 0.1) is 5.82 Å². The molecule has 1 unspecified atom stereocenters. The third-order valence-corrected chi connectivity index (χ3v) is 4.56. The zero-order valence-corrected chi connectivity index (χ0v) is 14.6. The Balaban J connectivity index is 1.50. The highest BCUT2D eigenvalue weighted by Gasteiger charge is 2.28. The molecule has 4 rings (SSSR count). The van der Waals surface area contributed by atoms with E-state index in [0.29, 0.717) is 25.5 Å². The standard InChI is InChI=1S/C19H19FN6O/c20-16-8-4-7-15(11-16)17-12-21-9-10-25(17)18(27)13-26-23-19(22-24-26)14-5-2-1-3-6-14/h1-8,11,17,21H,9-10,12-13H2. The van der Waals surface area contributed by atoms with Gasteiger partial charge in [0, 0.05) is 25.2 Å². The molecule has 2 heterocycles. The van der Waals surface area contributed by atoms with Gasteiger partial charge in [-0.2, -0.15) is 4.80 Å². The summed E-state index contributed by atoms with van der Waals surface area (Å²) in [4.78, 5) is 15.9. The van der Waals surface area contributed by atoms with Crippen molar-refractivity contribution in [2.75, 3.05) is 19.6 Å². The smallest absolute Gasteiger partial charge is 0.246 e. The molecule has 7 nitrogen and oxygen atoms in total. The molecular weight excluding hydrogens is 347 g/mol. The zero-order valence-electron chi connectivity index (χ0n) is 14.6. The number of piperazine rings is 1. The molecule has 0 bridgehead atoms. The van der Waals surface area contributed by atoms with Gasteiger partial charge in [-0.05, 0) is 22.9 Å². The van der Waals surface area contributed by atoms with Crippen LogP contribution in [0.3, 0.4) is 0 Å². The van der Waals surface area contributed by atoms with Crippen LogP contribution in [-0.2, 0) is 11.3 Å². The Kier molecular flexibility index (Phi) is 4.88. The number of hydrogen-bond donors (Lipinski definition) is 1. The van der Waals surface area contributed by atoms with Crippen molar-refractivity contribution in [3.8, 4) is 11.4 Å². The third-order valence-electron chi connectivity index (χ3n) is 4.56. The van der Waals surface area contributed by atoms with Crippen LogP contribution in [0.25, 0.3) is 11.4 Å². The molecule has 0 saturated carbocycles. The van der Waals surface area contributed by atoms with Crippen molar-refractivity contribution in [1.82, 2.24) is 30.4 Å². The first-order valence-corrected chi connectivity index (χ1v) is 8.79. The number of halogens is 1. The molecule has 1 saturated heterocycles. The predicted octanol–water partition coefficient (Wildman–Crippen LogP) is 1.65. The quantitative estimate of drug-likeness (QED) is 0.760. The van der Waals surface area contributed by atoms with Crippen LogP contribution >= 0.6 is 0 Å². The van der Waals surface area contributed by atoms with E-state index in [1.807, 2.05) is 36.4 Å². The number of aromatic nitrogens is 4. The van der Waals surface area contributed by atoms with Crippen LogP contribution in [0.15, 0.2) is 54.6 Å². The van der Waals surface area contributed by atoms with Gasteiger partial charge in [0.1, 0.15) is 12.4 Å². The summed E-state index contributed by atoms with van der Waals surface area (Å²) in [6, 6.07) is 15.6. The van der Waals surface area contributed by atoms with Gasteiger partial charge in [0.15, 0.2) is 0 Å². The van der Waals surface area contributed by atoms with E-state index in [-0.39, 0.29) is 24.3 Å². The lowest BCUT2D eigenvalue weighted by molar-refractivity contribution is -0.135.